The zero-order valence-corrected chi connectivity index (χ0v) is 5.46. The maximum absolute atomic E-state index is 10.7. The van der Waals surface area contributed by atoms with E-state index in [2.05, 4.69) is 0 Å². The van der Waals surface area contributed by atoms with E-state index in [9.17, 15) is 4.79 Å². The smallest absolute Gasteiger partial charge is 0.135 e. The van der Waals surface area contributed by atoms with E-state index in [-0.39, 0.29) is 5.92 Å². The molecule has 2 nitrogen and oxygen atoms in total. The number of hydrogen-bond donors (Lipinski definition) is 0. The van der Waals surface area contributed by atoms with Crippen molar-refractivity contribution in [1.82, 2.24) is 0 Å². The van der Waals surface area contributed by atoms with Gasteiger partial charge in [0.05, 0.1) is 6.10 Å². The summed E-state index contributed by atoms with van der Waals surface area (Å²) in [6, 6.07) is 0. The minimum Gasteiger partial charge on any atom is -0.377 e. The van der Waals surface area contributed by atoms with Gasteiger partial charge < -0.3 is 4.74 Å². The van der Waals surface area contributed by atoms with Gasteiger partial charge in [-0.3, -0.25) is 4.79 Å². The molecular formula is C7H10O2. The van der Waals surface area contributed by atoms with Crippen LogP contribution in [0.1, 0.15) is 13.3 Å². The van der Waals surface area contributed by atoms with Gasteiger partial charge in [0, 0.05) is 18.4 Å². The molecule has 2 heteroatoms. The molecule has 0 radical (unpaired) electrons. The number of carbonyl (C=O) groups is 1. The Hall–Kier alpha value is -0.370. The lowest BCUT2D eigenvalue weighted by atomic mass is 10.2. The maximum Gasteiger partial charge on any atom is 0.135 e. The molecule has 2 aliphatic rings. The van der Waals surface area contributed by atoms with E-state index in [0.29, 0.717) is 17.8 Å². The molecule has 0 aromatic rings. The van der Waals surface area contributed by atoms with Gasteiger partial charge >= 0.3 is 0 Å². The maximum atomic E-state index is 10.7. The average Bonchev–Trinajstić information content (AvgIpc) is 2.30. The first-order valence-electron chi connectivity index (χ1n) is 3.43. The van der Waals surface area contributed by atoms with Gasteiger partial charge in [-0.25, -0.2) is 0 Å². The first kappa shape index (κ1) is 5.42. The summed E-state index contributed by atoms with van der Waals surface area (Å²) in [5.74, 6) is 1.19. The van der Waals surface area contributed by atoms with Crippen molar-refractivity contribution in [2.24, 2.45) is 11.8 Å². The number of fused-ring (bicyclic) bond motifs is 1. The highest BCUT2D eigenvalue weighted by atomic mass is 16.5. The molecule has 1 aliphatic heterocycles. The fourth-order valence-electron chi connectivity index (χ4n) is 1.79. The number of Topliss-reactive ketones (excluding diaryl/α,β-unsaturated/α-hetero) is 1. The Morgan fingerprint density at radius 3 is 2.78 bits per heavy atom. The molecule has 9 heavy (non-hydrogen) atoms. The molecule has 2 fully saturated rings. The second-order valence-corrected chi connectivity index (χ2v) is 2.92. The van der Waals surface area contributed by atoms with E-state index in [1.807, 2.05) is 0 Å². The number of ether oxygens (including phenoxy) is 1. The van der Waals surface area contributed by atoms with Crippen molar-refractivity contribution in [1.29, 1.82) is 0 Å². The van der Waals surface area contributed by atoms with Crippen LogP contribution in [0.3, 0.4) is 0 Å². The molecule has 1 saturated carbocycles. The SMILES string of the molecule is CC(=O)C1C2OCC[C@@H]21. The molecule has 2 rings (SSSR count). The predicted octanol–water partition coefficient (Wildman–Crippen LogP) is 0.610. The summed E-state index contributed by atoms with van der Waals surface area (Å²) in [7, 11) is 0. The van der Waals surface area contributed by atoms with Crippen molar-refractivity contribution in [3.63, 3.8) is 0 Å². The van der Waals surface area contributed by atoms with Crippen LogP contribution < -0.4 is 0 Å². The van der Waals surface area contributed by atoms with Gasteiger partial charge in [0.15, 0.2) is 0 Å². The Labute approximate surface area is 54.2 Å². The van der Waals surface area contributed by atoms with Crippen molar-refractivity contribution in [2.75, 3.05) is 6.61 Å². The first-order chi connectivity index (χ1) is 4.30. The second kappa shape index (κ2) is 1.57. The average molecular weight is 126 g/mol. The molecule has 0 amide bonds. The highest BCUT2D eigenvalue weighted by Gasteiger charge is 2.56. The summed E-state index contributed by atoms with van der Waals surface area (Å²) >= 11 is 0. The van der Waals surface area contributed by atoms with Crippen molar-refractivity contribution < 1.29 is 9.53 Å². The van der Waals surface area contributed by atoms with Gasteiger partial charge in [0.25, 0.3) is 0 Å². The molecule has 1 saturated heterocycles. The largest absolute Gasteiger partial charge is 0.377 e. The summed E-state index contributed by atoms with van der Waals surface area (Å²) in [6.07, 6.45) is 1.43. The Kier molecular flexibility index (Phi) is 0.943. The van der Waals surface area contributed by atoms with Crippen LogP contribution in [0.4, 0.5) is 0 Å². The third-order valence-electron chi connectivity index (χ3n) is 2.33. The van der Waals surface area contributed by atoms with Crippen molar-refractivity contribution >= 4 is 5.78 Å². The minimum atomic E-state index is 0.277. The van der Waals surface area contributed by atoms with Crippen molar-refractivity contribution in [2.45, 2.75) is 19.4 Å². The van der Waals surface area contributed by atoms with Crippen LogP contribution in [0, 0.1) is 11.8 Å². The van der Waals surface area contributed by atoms with E-state index in [1.54, 1.807) is 6.92 Å². The standard InChI is InChI=1S/C7H10O2/c1-4(8)6-5-2-3-9-7(5)6/h5-7H,2-3H2,1H3/t5-,6?,7?/m1/s1. The lowest BCUT2D eigenvalue weighted by Gasteiger charge is -1.96. The highest BCUT2D eigenvalue weighted by molar-refractivity contribution is 5.82. The molecule has 0 aromatic carbocycles. The van der Waals surface area contributed by atoms with E-state index < -0.39 is 0 Å². The number of carbonyl (C=O) groups excluding carboxylic acids is 1. The van der Waals surface area contributed by atoms with E-state index in [0.717, 1.165) is 13.0 Å². The molecule has 3 atom stereocenters. The zero-order valence-electron chi connectivity index (χ0n) is 5.46. The van der Waals surface area contributed by atoms with Crippen LogP contribution >= 0.6 is 0 Å². The van der Waals surface area contributed by atoms with E-state index >= 15 is 0 Å². The predicted molar refractivity (Wildman–Crippen MR) is 32.0 cm³/mol. The molecular weight excluding hydrogens is 116 g/mol. The van der Waals surface area contributed by atoms with E-state index in [4.69, 9.17) is 4.74 Å². The van der Waals surface area contributed by atoms with Gasteiger partial charge in [0.1, 0.15) is 5.78 Å². The normalized spacial score (nSPS) is 46.6. The highest BCUT2D eigenvalue weighted by Crippen LogP contribution is 2.49. The fraction of sp³-hybridized carbons (Fsp3) is 0.857. The molecule has 0 N–H and O–H groups in total. The number of hydrogen-bond acceptors (Lipinski definition) is 2. The van der Waals surface area contributed by atoms with Crippen molar-refractivity contribution in [3.05, 3.63) is 0 Å². The van der Waals surface area contributed by atoms with Crippen LogP contribution in [-0.2, 0) is 9.53 Å². The Morgan fingerprint density at radius 2 is 2.44 bits per heavy atom. The number of ketones is 1. The molecule has 1 heterocycles. The monoisotopic (exact) mass is 126 g/mol. The third-order valence-corrected chi connectivity index (χ3v) is 2.33. The quantitative estimate of drug-likeness (QED) is 0.514. The molecule has 0 bridgehead atoms. The van der Waals surface area contributed by atoms with E-state index in [1.165, 1.54) is 0 Å². The summed E-state index contributed by atoms with van der Waals surface area (Å²) < 4.78 is 5.28. The third kappa shape index (κ3) is 0.628. The van der Waals surface area contributed by atoms with Crippen LogP contribution in [-0.4, -0.2) is 18.5 Å². The topological polar surface area (TPSA) is 26.3 Å². The summed E-state index contributed by atoms with van der Waals surface area (Å²) in [5, 5.41) is 0. The summed E-state index contributed by atoms with van der Waals surface area (Å²) in [4.78, 5) is 10.7. The molecule has 1 aliphatic carbocycles. The second-order valence-electron chi connectivity index (χ2n) is 2.92. The van der Waals surface area contributed by atoms with Gasteiger partial charge in [-0.15, -0.1) is 0 Å². The lowest BCUT2D eigenvalue weighted by Crippen LogP contribution is -2.04. The Morgan fingerprint density at radius 1 is 1.67 bits per heavy atom. The summed E-state index contributed by atoms with van der Waals surface area (Å²) in [6.45, 7) is 2.53. The van der Waals surface area contributed by atoms with Gasteiger partial charge in [-0.1, -0.05) is 0 Å². The Balaban J connectivity index is 2.02. The van der Waals surface area contributed by atoms with Gasteiger partial charge in [0.2, 0.25) is 0 Å². The minimum absolute atomic E-state index is 0.277. The summed E-state index contributed by atoms with van der Waals surface area (Å²) in [5.41, 5.74) is 0. The number of rotatable bonds is 1. The van der Waals surface area contributed by atoms with Crippen LogP contribution in [0.5, 0.6) is 0 Å². The molecule has 0 spiro atoms. The molecule has 2 unspecified atom stereocenters. The molecule has 0 aromatic heterocycles. The Bertz CT molecular complexity index is 143. The zero-order chi connectivity index (χ0) is 6.43. The van der Waals surface area contributed by atoms with Crippen molar-refractivity contribution in [3.8, 4) is 0 Å². The lowest BCUT2D eigenvalue weighted by molar-refractivity contribution is -0.119. The van der Waals surface area contributed by atoms with Gasteiger partial charge in [-0.05, 0) is 13.3 Å². The van der Waals surface area contributed by atoms with Gasteiger partial charge in [-0.2, -0.15) is 0 Å². The fourth-order valence-corrected chi connectivity index (χ4v) is 1.79. The first-order valence-corrected chi connectivity index (χ1v) is 3.43. The van der Waals surface area contributed by atoms with Crippen LogP contribution in [0.15, 0.2) is 0 Å². The molecule has 50 valence electrons. The van der Waals surface area contributed by atoms with Crippen LogP contribution in [0.2, 0.25) is 0 Å². The van der Waals surface area contributed by atoms with Crippen LogP contribution in [0.25, 0.3) is 0 Å².